The van der Waals surface area contributed by atoms with E-state index in [9.17, 15) is 14.4 Å². The molecule has 2 amide bonds. The van der Waals surface area contributed by atoms with Crippen LogP contribution in [0.25, 0.3) is 0 Å². The molecule has 1 heterocycles. The fourth-order valence-electron chi connectivity index (χ4n) is 1.53. The van der Waals surface area contributed by atoms with Gasteiger partial charge in [-0.15, -0.1) is 0 Å². The molecule has 5 nitrogen and oxygen atoms in total. The van der Waals surface area contributed by atoms with Gasteiger partial charge in [-0.2, -0.15) is 4.99 Å². The zero-order valence-electron chi connectivity index (χ0n) is 7.85. The van der Waals surface area contributed by atoms with Gasteiger partial charge < -0.3 is 0 Å². The molecule has 0 N–H and O–H groups in total. The first-order valence-electron chi connectivity index (χ1n) is 4.20. The number of amides is 2. The summed E-state index contributed by atoms with van der Waals surface area (Å²) in [5, 5.41) is 0. The Morgan fingerprint density at radius 1 is 1.27 bits per heavy atom. The smallest absolute Gasteiger partial charge is 0.263 e. The molecular weight excluding hydrogens is 196 g/mol. The zero-order chi connectivity index (χ0) is 11.0. The fraction of sp³-hybridized carbons (Fsp3) is 0.100. The first-order chi connectivity index (χ1) is 7.16. The lowest BCUT2D eigenvalue weighted by Gasteiger charge is -2.02. The number of nitrogens with zero attached hydrogens (tertiary/aromatic N) is 2. The van der Waals surface area contributed by atoms with E-state index in [1.807, 2.05) is 0 Å². The van der Waals surface area contributed by atoms with E-state index < -0.39 is 5.91 Å². The number of carbonyl (C=O) groups excluding carboxylic acids is 3. The first kappa shape index (κ1) is 9.30. The molecule has 0 fully saturated rings. The normalized spacial score (nSPS) is 13.8. The van der Waals surface area contributed by atoms with E-state index >= 15 is 0 Å². The van der Waals surface area contributed by atoms with E-state index in [1.165, 1.54) is 25.3 Å². The molecule has 0 aliphatic carbocycles. The highest BCUT2D eigenvalue weighted by Gasteiger charge is 2.34. The van der Waals surface area contributed by atoms with Crippen LogP contribution in [0.4, 0.5) is 5.69 Å². The van der Waals surface area contributed by atoms with Gasteiger partial charge in [0, 0.05) is 7.05 Å². The Kier molecular flexibility index (Phi) is 1.95. The van der Waals surface area contributed by atoms with Gasteiger partial charge in [0.1, 0.15) is 0 Å². The van der Waals surface area contributed by atoms with E-state index in [-0.39, 0.29) is 22.7 Å². The summed E-state index contributed by atoms with van der Waals surface area (Å²) in [4.78, 5) is 37.7. The Hall–Kier alpha value is -2.26. The highest BCUT2D eigenvalue weighted by atomic mass is 16.2. The molecule has 0 bridgehead atoms. The molecule has 1 aliphatic heterocycles. The molecule has 15 heavy (non-hydrogen) atoms. The molecule has 0 unspecified atom stereocenters. The number of fused-ring (bicyclic) bond motifs is 1. The lowest BCUT2D eigenvalue weighted by molar-refractivity contribution is 0.0693. The minimum atomic E-state index is -0.440. The van der Waals surface area contributed by atoms with Crippen molar-refractivity contribution in [2.24, 2.45) is 4.99 Å². The summed E-state index contributed by atoms with van der Waals surface area (Å²) in [6, 6.07) is 4.59. The molecule has 0 saturated carbocycles. The molecule has 0 radical (unpaired) electrons. The largest absolute Gasteiger partial charge is 0.277 e. The lowest BCUT2D eigenvalue weighted by atomic mass is 10.1. The molecule has 0 atom stereocenters. The van der Waals surface area contributed by atoms with E-state index in [0.29, 0.717) is 0 Å². The Morgan fingerprint density at radius 3 is 2.67 bits per heavy atom. The van der Waals surface area contributed by atoms with Crippen LogP contribution in [-0.4, -0.2) is 29.8 Å². The van der Waals surface area contributed by atoms with Gasteiger partial charge in [-0.25, -0.2) is 4.79 Å². The van der Waals surface area contributed by atoms with Crippen molar-refractivity contribution in [3.8, 4) is 0 Å². The molecule has 1 aromatic carbocycles. The molecule has 2 rings (SSSR count). The van der Waals surface area contributed by atoms with Gasteiger partial charge in [0.2, 0.25) is 6.08 Å². The van der Waals surface area contributed by atoms with Crippen LogP contribution in [0.15, 0.2) is 23.2 Å². The van der Waals surface area contributed by atoms with Gasteiger partial charge in [0.15, 0.2) is 0 Å². The monoisotopic (exact) mass is 202 g/mol. The lowest BCUT2D eigenvalue weighted by Crippen LogP contribution is -2.24. The van der Waals surface area contributed by atoms with Crippen molar-refractivity contribution in [3.63, 3.8) is 0 Å². The third-order valence-electron chi connectivity index (χ3n) is 2.26. The van der Waals surface area contributed by atoms with E-state index in [2.05, 4.69) is 4.99 Å². The highest BCUT2D eigenvalue weighted by Crippen LogP contribution is 2.29. The van der Waals surface area contributed by atoms with Crippen molar-refractivity contribution in [3.05, 3.63) is 29.3 Å². The van der Waals surface area contributed by atoms with Crippen LogP contribution in [-0.2, 0) is 4.79 Å². The van der Waals surface area contributed by atoms with Crippen molar-refractivity contribution in [1.29, 1.82) is 0 Å². The number of rotatable bonds is 1. The zero-order valence-corrected chi connectivity index (χ0v) is 7.85. The summed E-state index contributed by atoms with van der Waals surface area (Å²) in [7, 11) is 1.39. The molecule has 0 spiro atoms. The van der Waals surface area contributed by atoms with Crippen molar-refractivity contribution in [2.75, 3.05) is 7.05 Å². The van der Waals surface area contributed by atoms with Crippen LogP contribution >= 0.6 is 0 Å². The van der Waals surface area contributed by atoms with Gasteiger partial charge in [-0.05, 0) is 12.1 Å². The number of isocyanates is 1. The average Bonchev–Trinajstić information content (AvgIpc) is 2.46. The number of benzene rings is 1. The maximum Gasteiger partial charge on any atom is 0.263 e. The van der Waals surface area contributed by atoms with Crippen LogP contribution in [0, 0.1) is 0 Å². The van der Waals surface area contributed by atoms with Gasteiger partial charge in [-0.3, -0.25) is 14.5 Å². The predicted molar refractivity (Wildman–Crippen MR) is 50.6 cm³/mol. The van der Waals surface area contributed by atoms with Gasteiger partial charge in [0.05, 0.1) is 16.8 Å². The molecule has 5 heteroatoms. The standard InChI is InChI=1S/C10H6N2O3/c1-12-9(14)6-3-2-4-7(11-5-13)8(6)10(12)15/h2-4H,1H3. The predicted octanol–water partition coefficient (Wildman–Crippen LogP) is 0.880. The van der Waals surface area contributed by atoms with Gasteiger partial charge >= 0.3 is 0 Å². The third kappa shape index (κ3) is 1.18. The Bertz CT molecular complexity index is 515. The minimum absolute atomic E-state index is 0.174. The third-order valence-corrected chi connectivity index (χ3v) is 2.26. The number of hydrogen-bond donors (Lipinski definition) is 0. The summed E-state index contributed by atoms with van der Waals surface area (Å²) in [5.41, 5.74) is 0.637. The summed E-state index contributed by atoms with van der Waals surface area (Å²) < 4.78 is 0. The van der Waals surface area contributed by atoms with Crippen molar-refractivity contribution in [2.45, 2.75) is 0 Å². The van der Waals surface area contributed by atoms with Crippen molar-refractivity contribution >= 4 is 23.6 Å². The number of carbonyl (C=O) groups is 2. The van der Waals surface area contributed by atoms with E-state index in [0.717, 1.165) is 4.90 Å². The molecule has 0 saturated heterocycles. The average molecular weight is 202 g/mol. The maximum atomic E-state index is 11.6. The van der Waals surface area contributed by atoms with Crippen LogP contribution in [0.2, 0.25) is 0 Å². The number of aliphatic imine (C=N–C) groups is 1. The Balaban J connectivity index is 2.74. The quantitative estimate of drug-likeness (QED) is 0.385. The fourth-order valence-corrected chi connectivity index (χ4v) is 1.53. The molecular formula is C10H6N2O3. The van der Waals surface area contributed by atoms with Gasteiger partial charge in [-0.1, -0.05) is 6.07 Å². The van der Waals surface area contributed by atoms with Crippen LogP contribution < -0.4 is 0 Å². The molecule has 74 valence electrons. The van der Waals surface area contributed by atoms with E-state index in [1.54, 1.807) is 6.07 Å². The van der Waals surface area contributed by atoms with E-state index in [4.69, 9.17) is 0 Å². The first-order valence-corrected chi connectivity index (χ1v) is 4.20. The van der Waals surface area contributed by atoms with Crippen LogP contribution in [0.1, 0.15) is 20.7 Å². The molecule has 1 aliphatic rings. The second-order valence-electron chi connectivity index (χ2n) is 3.07. The second-order valence-corrected chi connectivity index (χ2v) is 3.07. The van der Waals surface area contributed by atoms with Crippen LogP contribution in [0.3, 0.4) is 0 Å². The minimum Gasteiger partial charge on any atom is -0.277 e. The van der Waals surface area contributed by atoms with Gasteiger partial charge in [0.25, 0.3) is 11.8 Å². The molecule has 0 aromatic heterocycles. The summed E-state index contributed by atoms with van der Waals surface area (Å²) in [5.74, 6) is -0.817. The summed E-state index contributed by atoms with van der Waals surface area (Å²) >= 11 is 0. The maximum absolute atomic E-state index is 11.6. The number of hydrogen-bond acceptors (Lipinski definition) is 4. The Labute approximate surface area is 85.0 Å². The topological polar surface area (TPSA) is 66.8 Å². The molecule has 1 aromatic rings. The second kappa shape index (κ2) is 3.15. The summed E-state index contributed by atoms with van der Waals surface area (Å²) in [6.07, 6.45) is 1.36. The van der Waals surface area contributed by atoms with Crippen LogP contribution in [0.5, 0.6) is 0 Å². The SMILES string of the molecule is CN1C(=O)c2cccc(N=C=O)c2C1=O. The number of imide groups is 1. The van der Waals surface area contributed by atoms with Crippen molar-refractivity contribution in [1.82, 2.24) is 4.90 Å². The van der Waals surface area contributed by atoms with Crippen molar-refractivity contribution < 1.29 is 14.4 Å². The highest BCUT2D eigenvalue weighted by molar-refractivity contribution is 6.23. The Morgan fingerprint density at radius 2 is 2.00 bits per heavy atom. The summed E-state index contributed by atoms with van der Waals surface area (Å²) in [6.45, 7) is 0.